The Labute approximate surface area is 573 Å². The molecule has 0 saturated carbocycles. The molecule has 3 aromatic heterocycles. The van der Waals surface area contributed by atoms with Crippen molar-refractivity contribution in [2.24, 2.45) is 0 Å². The monoisotopic (exact) mass is 1260 g/mol. The van der Waals surface area contributed by atoms with Crippen LogP contribution >= 0.6 is 0 Å². The summed E-state index contributed by atoms with van der Waals surface area (Å²) in [5.41, 5.74) is 24.7. The SMILES string of the molecule is CC1CC(c2ccccc2)=Cc2c1n(-c1cc(-c3ccccc3C#N)ccc1-c1nc(-c3cccc(-c4ccccc4C#N)c3)nc(-c3ccc(-c4ccccc4C#N)cc3-n3c4ccc(-c5ccccc5)cc4c4cc(-c5ccccc5)ccc43)n1)c1ccc(-c3ccccc3)cc21. The predicted molar refractivity (Wildman–Crippen MR) is 401 cm³/mol. The van der Waals surface area contributed by atoms with E-state index in [0.29, 0.717) is 39.7 Å². The Morgan fingerprint density at radius 3 is 1.13 bits per heavy atom. The normalized spacial score (nSPS) is 12.6. The van der Waals surface area contributed by atoms with E-state index in [1.165, 1.54) is 11.1 Å². The van der Waals surface area contributed by atoms with E-state index in [0.717, 1.165) is 140 Å². The van der Waals surface area contributed by atoms with Gasteiger partial charge in [-0.2, -0.15) is 15.8 Å². The second kappa shape index (κ2) is 25.0. The third kappa shape index (κ3) is 10.6. The molecule has 1 unspecified atom stereocenters. The molecule has 16 aromatic rings. The molecule has 462 valence electrons. The molecule has 0 fully saturated rings. The third-order valence-corrected chi connectivity index (χ3v) is 19.4. The van der Waals surface area contributed by atoms with Crippen molar-refractivity contribution >= 4 is 44.4 Å². The van der Waals surface area contributed by atoms with Crippen molar-refractivity contribution in [2.75, 3.05) is 0 Å². The molecule has 8 nitrogen and oxygen atoms in total. The minimum absolute atomic E-state index is 0.0326. The molecule has 17 rings (SSSR count). The Balaban J connectivity index is 0.973. The topological polar surface area (TPSA) is 120 Å². The maximum absolute atomic E-state index is 10.8. The smallest absolute Gasteiger partial charge is 0.166 e. The van der Waals surface area contributed by atoms with Crippen LogP contribution in [0.15, 0.2) is 309 Å². The molecule has 3 heterocycles. The van der Waals surface area contributed by atoms with Crippen LogP contribution in [0.5, 0.6) is 0 Å². The van der Waals surface area contributed by atoms with Crippen LogP contribution in [0, 0.1) is 34.0 Å². The number of hydrogen-bond donors (Lipinski definition) is 0. The number of nitriles is 3. The summed E-state index contributed by atoms with van der Waals surface area (Å²) in [6.45, 7) is 2.33. The van der Waals surface area contributed by atoms with Crippen LogP contribution in [0.1, 0.15) is 52.8 Å². The van der Waals surface area contributed by atoms with Gasteiger partial charge in [-0.3, -0.25) is 0 Å². The summed E-state index contributed by atoms with van der Waals surface area (Å²) in [5.74, 6) is 1.27. The number of allylic oxidation sites excluding steroid dienone is 1. The average Bonchev–Trinajstić information content (AvgIpc) is 1.60. The Morgan fingerprint density at radius 2 is 0.667 bits per heavy atom. The zero-order valence-electron chi connectivity index (χ0n) is 53.9. The molecule has 0 spiro atoms. The average molecular weight is 1260 g/mol. The van der Waals surface area contributed by atoms with Gasteiger partial charge in [0.1, 0.15) is 0 Å². The summed E-state index contributed by atoms with van der Waals surface area (Å²) >= 11 is 0. The minimum atomic E-state index is 0.0326. The van der Waals surface area contributed by atoms with Crippen molar-refractivity contribution in [1.82, 2.24) is 24.1 Å². The van der Waals surface area contributed by atoms with E-state index in [4.69, 9.17) is 15.0 Å². The summed E-state index contributed by atoms with van der Waals surface area (Å²) in [7, 11) is 0. The quantitative estimate of drug-likeness (QED) is 0.120. The summed E-state index contributed by atoms with van der Waals surface area (Å²) < 4.78 is 4.76. The van der Waals surface area contributed by atoms with Crippen molar-refractivity contribution in [2.45, 2.75) is 19.3 Å². The van der Waals surface area contributed by atoms with E-state index in [9.17, 15) is 15.8 Å². The van der Waals surface area contributed by atoms with Gasteiger partial charge in [0.2, 0.25) is 0 Å². The maximum atomic E-state index is 10.8. The van der Waals surface area contributed by atoms with Crippen LogP contribution in [0.3, 0.4) is 0 Å². The number of aromatic nitrogens is 5. The van der Waals surface area contributed by atoms with Crippen LogP contribution in [-0.2, 0) is 0 Å². The standard InChI is InChI=1S/C91H58N8/c1-58-47-73(62-27-12-5-13-28-62)52-82-81-51-65(61-25-10-4-11-26-61)41-46-85(81)99(88(58)82)87-54-68(76-36-19-16-31-72(76)57-94)38-43-78(87)91-96-89(69-33-20-32-66(48-69)74-34-17-14-29-70(74)55-92)95-90(97-91)77-42-37-67(75-35-18-15-30-71(75)56-93)53-86(77)98-83-44-39-63(59-21-6-2-7-22-59)49-79(83)80-50-64(40-45-84(80)98)60-23-8-3-9-24-60/h2-46,48-54,58H,47H2,1H3. The van der Waals surface area contributed by atoms with Gasteiger partial charge in [-0.1, -0.05) is 231 Å². The van der Waals surface area contributed by atoms with Crippen molar-refractivity contribution < 1.29 is 0 Å². The summed E-state index contributed by atoms with van der Waals surface area (Å²) in [6, 6.07) is 114. The fraction of sp³-hybridized carbons (Fsp3) is 0.0330. The molecule has 8 heteroatoms. The van der Waals surface area contributed by atoms with E-state index in [2.05, 4.69) is 247 Å². The molecule has 99 heavy (non-hydrogen) atoms. The fourth-order valence-electron chi connectivity index (χ4n) is 14.7. The van der Waals surface area contributed by atoms with Crippen molar-refractivity contribution in [1.29, 1.82) is 15.8 Å². The largest absolute Gasteiger partial charge is 0.312 e. The van der Waals surface area contributed by atoms with Gasteiger partial charge in [0.15, 0.2) is 17.5 Å². The minimum Gasteiger partial charge on any atom is -0.312 e. The lowest BCUT2D eigenvalue weighted by Gasteiger charge is -2.25. The zero-order valence-corrected chi connectivity index (χ0v) is 53.9. The van der Waals surface area contributed by atoms with Crippen LogP contribution < -0.4 is 0 Å². The second-order valence-corrected chi connectivity index (χ2v) is 25.2. The van der Waals surface area contributed by atoms with E-state index < -0.39 is 0 Å². The Bertz CT molecular complexity index is 5960. The first-order valence-electron chi connectivity index (χ1n) is 33.2. The lowest BCUT2D eigenvalue weighted by Crippen LogP contribution is -2.11. The number of fused-ring (bicyclic) bond motifs is 6. The molecule has 0 aliphatic heterocycles. The highest BCUT2D eigenvalue weighted by Gasteiger charge is 2.31. The van der Waals surface area contributed by atoms with Gasteiger partial charge in [0.05, 0.1) is 62.8 Å². The van der Waals surface area contributed by atoms with Crippen molar-refractivity contribution in [3.63, 3.8) is 0 Å². The Kier molecular flexibility index (Phi) is 14.9. The van der Waals surface area contributed by atoms with Gasteiger partial charge < -0.3 is 9.13 Å². The zero-order chi connectivity index (χ0) is 66.5. The number of rotatable bonds is 12. The molecule has 1 aliphatic carbocycles. The highest BCUT2D eigenvalue weighted by atomic mass is 15.1. The molecule has 1 atom stereocenters. The summed E-state index contributed by atoms with van der Waals surface area (Å²) in [5, 5.41) is 35.2. The van der Waals surface area contributed by atoms with E-state index in [-0.39, 0.29) is 5.92 Å². The molecule has 0 radical (unpaired) electrons. The molecule has 0 amide bonds. The molecule has 0 N–H and O–H groups in total. The maximum Gasteiger partial charge on any atom is 0.166 e. The van der Waals surface area contributed by atoms with Crippen LogP contribution in [-0.4, -0.2) is 24.1 Å². The van der Waals surface area contributed by atoms with E-state index in [1.54, 1.807) is 0 Å². The van der Waals surface area contributed by atoms with Crippen LogP contribution in [0.25, 0.3) is 157 Å². The molecule has 1 aliphatic rings. The van der Waals surface area contributed by atoms with Crippen LogP contribution in [0.4, 0.5) is 0 Å². The first-order chi connectivity index (χ1) is 48.9. The first-order valence-corrected chi connectivity index (χ1v) is 33.2. The molecular weight excluding hydrogens is 1210 g/mol. The van der Waals surface area contributed by atoms with Crippen molar-refractivity contribution in [3.05, 3.63) is 343 Å². The third-order valence-electron chi connectivity index (χ3n) is 19.4. The van der Waals surface area contributed by atoms with Gasteiger partial charge in [-0.05, 0) is 175 Å². The predicted octanol–water partition coefficient (Wildman–Crippen LogP) is 22.6. The van der Waals surface area contributed by atoms with Gasteiger partial charge in [0.25, 0.3) is 0 Å². The Morgan fingerprint density at radius 1 is 0.303 bits per heavy atom. The second-order valence-electron chi connectivity index (χ2n) is 25.2. The summed E-state index contributed by atoms with van der Waals surface area (Å²) in [4.78, 5) is 17.1. The van der Waals surface area contributed by atoms with Gasteiger partial charge >= 0.3 is 0 Å². The molecule has 13 aromatic carbocycles. The lowest BCUT2D eigenvalue weighted by atomic mass is 9.84. The molecule has 0 saturated heterocycles. The summed E-state index contributed by atoms with van der Waals surface area (Å²) in [6.07, 6.45) is 3.18. The van der Waals surface area contributed by atoms with Crippen molar-refractivity contribution in [3.8, 4) is 131 Å². The molecule has 0 bridgehead atoms. The van der Waals surface area contributed by atoms with Crippen LogP contribution in [0.2, 0.25) is 0 Å². The number of nitrogens with zero attached hydrogens (tertiary/aromatic N) is 8. The van der Waals surface area contributed by atoms with Gasteiger partial charge in [-0.15, -0.1) is 0 Å². The van der Waals surface area contributed by atoms with E-state index >= 15 is 0 Å². The highest BCUT2D eigenvalue weighted by Crippen LogP contribution is 2.48. The van der Waals surface area contributed by atoms with Gasteiger partial charge in [0, 0.05) is 50.0 Å². The lowest BCUT2D eigenvalue weighted by molar-refractivity contribution is 0.733. The number of hydrogen-bond acceptors (Lipinski definition) is 6. The Hall–Kier alpha value is -13.6. The fourth-order valence-corrected chi connectivity index (χ4v) is 14.7. The highest BCUT2D eigenvalue weighted by molar-refractivity contribution is 6.12. The number of benzene rings is 13. The molecular formula is C91H58N8. The van der Waals surface area contributed by atoms with Gasteiger partial charge in [-0.25, -0.2) is 15.0 Å². The first kappa shape index (κ1) is 59.2. The van der Waals surface area contributed by atoms with E-state index in [1.807, 2.05) is 103 Å².